The molecule has 7 heteroatoms. The second-order valence-corrected chi connectivity index (χ2v) is 9.08. The Bertz CT molecular complexity index is 978. The number of hydrogen-bond donors (Lipinski definition) is 1. The number of benzene rings is 2. The summed E-state index contributed by atoms with van der Waals surface area (Å²) in [5.41, 5.74) is 2.15. The van der Waals surface area contributed by atoms with Crippen molar-refractivity contribution < 1.29 is 28.4 Å². The molecular weight excluding hydrogens is 422 g/mol. The molecule has 178 valence electrons. The molecule has 0 saturated heterocycles. The standard InChI is InChI=1S/C26H33NO6/c1-15-24(16-10-22(28-2)25(30-4)23(11-16)29-3)18-12-20-21(32-14-31-20)13-19(18)33-26(15)27-17-8-6-5-7-9-17/h10-13,15,17,24,26-27H,5-9,14H2,1-4H3/t15-,24-,26-/m0/s1. The van der Waals surface area contributed by atoms with E-state index in [1.54, 1.807) is 21.3 Å². The minimum Gasteiger partial charge on any atom is -0.493 e. The fourth-order valence-corrected chi connectivity index (χ4v) is 5.44. The largest absolute Gasteiger partial charge is 0.493 e. The number of rotatable bonds is 6. The molecule has 1 saturated carbocycles. The van der Waals surface area contributed by atoms with Gasteiger partial charge >= 0.3 is 0 Å². The van der Waals surface area contributed by atoms with E-state index >= 15 is 0 Å². The van der Waals surface area contributed by atoms with Crippen LogP contribution in [-0.4, -0.2) is 40.4 Å². The lowest BCUT2D eigenvalue weighted by atomic mass is 9.78. The van der Waals surface area contributed by atoms with Gasteiger partial charge in [-0.25, -0.2) is 0 Å². The zero-order valence-corrected chi connectivity index (χ0v) is 19.8. The van der Waals surface area contributed by atoms with Gasteiger partial charge in [-0.05, 0) is 36.6 Å². The summed E-state index contributed by atoms with van der Waals surface area (Å²) in [6, 6.07) is 8.57. The number of ether oxygens (including phenoxy) is 6. The highest BCUT2D eigenvalue weighted by Crippen LogP contribution is 2.51. The van der Waals surface area contributed by atoms with Crippen LogP contribution in [0.5, 0.6) is 34.5 Å². The van der Waals surface area contributed by atoms with Crippen molar-refractivity contribution in [3.63, 3.8) is 0 Å². The summed E-state index contributed by atoms with van der Waals surface area (Å²) < 4.78 is 34.8. The zero-order valence-electron chi connectivity index (χ0n) is 19.8. The molecule has 1 aliphatic carbocycles. The van der Waals surface area contributed by atoms with E-state index in [4.69, 9.17) is 28.4 Å². The smallest absolute Gasteiger partial charge is 0.231 e. The second-order valence-electron chi connectivity index (χ2n) is 9.08. The zero-order chi connectivity index (χ0) is 22.9. The predicted octanol–water partition coefficient (Wildman–Crippen LogP) is 4.85. The molecular formula is C26H33NO6. The summed E-state index contributed by atoms with van der Waals surface area (Å²) in [5, 5.41) is 3.81. The molecule has 1 N–H and O–H groups in total. The van der Waals surface area contributed by atoms with Crippen LogP contribution in [0.3, 0.4) is 0 Å². The fourth-order valence-electron chi connectivity index (χ4n) is 5.44. The SMILES string of the molecule is COc1cc([C@H]2c3cc4c(cc3O[C@H](NC3CCCCC3)[C@H]2C)OCO4)cc(OC)c1OC. The van der Waals surface area contributed by atoms with Crippen molar-refractivity contribution in [1.29, 1.82) is 0 Å². The van der Waals surface area contributed by atoms with Gasteiger partial charge in [0.2, 0.25) is 12.5 Å². The van der Waals surface area contributed by atoms with E-state index in [9.17, 15) is 0 Å². The van der Waals surface area contributed by atoms with Gasteiger partial charge in [-0.2, -0.15) is 0 Å². The van der Waals surface area contributed by atoms with Crippen LogP contribution in [0.15, 0.2) is 24.3 Å². The summed E-state index contributed by atoms with van der Waals surface area (Å²) >= 11 is 0. The molecule has 3 aliphatic rings. The molecule has 0 aromatic heterocycles. The van der Waals surface area contributed by atoms with Gasteiger partial charge in [-0.3, -0.25) is 5.32 Å². The first kappa shape index (κ1) is 22.0. The summed E-state index contributed by atoms with van der Waals surface area (Å²) in [6.07, 6.45) is 6.11. The molecule has 33 heavy (non-hydrogen) atoms. The van der Waals surface area contributed by atoms with Crippen molar-refractivity contribution in [2.45, 2.75) is 57.2 Å². The highest BCUT2D eigenvalue weighted by Gasteiger charge is 2.40. The highest BCUT2D eigenvalue weighted by atomic mass is 16.7. The van der Waals surface area contributed by atoms with Crippen molar-refractivity contribution in [3.8, 4) is 34.5 Å². The van der Waals surface area contributed by atoms with Crippen LogP contribution in [0.4, 0.5) is 0 Å². The first-order valence-electron chi connectivity index (χ1n) is 11.8. The van der Waals surface area contributed by atoms with Gasteiger partial charge in [-0.15, -0.1) is 0 Å². The van der Waals surface area contributed by atoms with Crippen LogP contribution >= 0.6 is 0 Å². The van der Waals surface area contributed by atoms with E-state index in [0.717, 1.165) is 28.4 Å². The van der Waals surface area contributed by atoms with E-state index in [-0.39, 0.29) is 24.9 Å². The van der Waals surface area contributed by atoms with Crippen molar-refractivity contribution >= 4 is 0 Å². The van der Waals surface area contributed by atoms with Gasteiger partial charge < -0.3 is 28.4 Å². The summed E-state index contributed by atoms with van der Waals surface area (Å²) in [5.74, 6) is 4.37. The molecule has 2 aromatic carbocycles. The van der Waals surface area contributed by atoms with Crippen molar-refractivity contribution in [2.75, 3.05) is 28.1 Å². The van der Waals surface area contributed by atoms with E-state index < -0.39 is 0 Å². The quantitative estimate of drug-likeness (QED) is 0.668. The molecule has 0 bridgehead atoms. The Balaban J connectivity index is 1.58. The molecule has 0 spiro atoms. The fraction of sp³-hybridized carbons (Fsp3) is 0.538. The van der Waals surface area contributed by atoms with Crippen LogP contribution in [0.25, 0.3) is 0 Å². The van der Waals surface area contributed by atoms with Crippen LogP contribution in [0, 0.1) is 5.92 Å². The van der Waals surface area contributed by atoms with Gasteiger partial charge in [0.15, 0.2) is 29.2 Å². The van der Waals surface area contributed by atoms with Crippen LogP contribution in [-0.2, 0) is 0 Å². The van der Waals surface area contributed by atoms with Crippen molar-refractivity contribution in [1.82, 2.24) is 5.32 Å². The Labute approximate surface area is 195 Å². The Kier molecular flexibility index (Phi) is 6.15. The number of methoxy groups -OCH3 is 3. The Morgan fingerprint density at radius 1 is 0.818 bits per heavy atom. The second kappa shape index (κ2) is 9.21. The van der Waals surface area contributed by atoms with E-state index in [2.05, 4.69) is 18.3 Å². The first-order chi connectivity index (χ1) is 16.1. The van der Waals surface area contributed by atoms with Crippen LogP contribution < -0.4 is 33.7 Å². The Morgan fingerprint density at radius 3 is 2.12 bits per heavy atom. The third kappa shape index (κ3) is 4.03. The molecule has 7 nitrogen and oxygen atoms in total. The Morgan fingerprint density at radius 2 is 1.48 bits per heavy atom. The maximum atomic E-state index is 6.55. The third-order valence-electron chi connectivity index (χ3n) is 7.15. The average Bonchev–Trinajstić information content (AvgIpc) is 3.30. The molecule has 2 aliphatic heterocycles. The lowest BCUT2D eigenvalue weighted by molar-refractivity contribution is 0.0621. The minimum absolute atomic E-state index is 0.0399. The first-order valence-corrected chi connectivity index (χ1v) is 11.8. The summed E-state index contributed by atoms with van der Waals surface area (Å²) in [7, 11) is 4.92. The lowest BCUT2D eigenvalue weighted by Gasteiger charge is -2.41. The molecule has 0 amide bonds. The molecule has 2 heterocycles. The van der Waals surface area contributed by atoms with Gasteiger partial charge in [0.1, 0.15) is 5.75 Å². The van der Waals surface area contributed by atoms with Crippen LogP contribution in [0.1, 0.15) is 56.1 Å². The monoisotopic (exact) mass is 455 g/mol. The van der Waals surface area contributed by atoms with E-state index in [1.807, 2.05) is 18.2 Å². The summed E-state index contributed by atoms with van der Waals surface area (Å²) in [6.45, 7) is 2.47. The normalized spacial score (nSPS) is 24.1. The maximum absolute atomic E-state index is 6.55. The molecule has 3 atom stereocenters. The average molecular weight is 456 g/mol. The molecule has 2 aromatic rings. The number of nitrogens with one attached hydrogen (secondary N) is 1. The van der Waals surface area contributed by atoms with Crippen LogP contribution in [0.2, 0.25) is 0 Å². The van der Waals surface area contributed by atoms with Crippen molar-refractivity contribution in [2.24, 2.45) is 5.92 Å². The maximum Gasteiger partial charge on any atom is 0.231 e. The van der Waals surface area contributed by atoms with Gasteiger partial charge in [0, 0.05) is 29.5 Å². The number of hydrogen-bond acceptors (Lipinski definition) is 7. The van der Waals surface area contributed by atoms with E-state index in [1.165, 1.54) is 32.1 Å². The lowest BCUT2D eigenvalue weighted by Crippen LogP contribution is -2.50. The van der Waals surface area contributed by atoms with Gasteiger partial charge in [-0.1, -0.05) is 26.2 Å². The highest BCUT2D eigenvalue weighted by molar-refractivity contribution is 5.60. The number of fused-ring (bicyclic) bond motifs is 2. The minimum atomic E-state index is -0.120. The summed E-state index contributed by atoms with van der Waals surface area (Å²) in [4.78, 5) is 0. The predicted molar refractivity (Wildman–Crippen MR) is 124 cm³/mol. The molecule has 0 unspecified atom stereocenters. The molecule has 5 rings (SSSR count). The van der Waals surface area contributed by atoms with E-state index in [0.29, 0.717) is 23.3 Å². The molecule has 0 radical (unpaired) electrons. The van der Waals surface area contributed by atoms with Gasteiger partial charge in [0.25, 0.3) is 0 Å². The molecule has 1 fully saturated rings. The van der Waals surface area contributed by atoms with Crippen molar-refractivity contribution in [3.05, 3.63) is 35.4 Å². The topological polar surface area (TPSA) is 67.4 Å². The van der Waals surface area contributed by atoms with Gasteiger partial charge in [0.05, 0.1) is 21.3 Å². The Hall–Kier alpha value is -2.80. The third-order valence-corrected chi connectivity index (χ3v) is 7.15.